The zero-order valence-electron chi connectivity index (χ0n) is 16.3. The average Bonchev–Trinajstić information content (AvgIpc) is 2.71. The molecule has 1 unspecified atom stereocenters. The fourth-order valence-corrected chi connectivity index (χ4v) is 2.07. The van der Waals surface area contributed by atoms with Gasteiger partial charge in [0.15, 0.2) is 0 Å². The van der Waals surface area contributed by atoms with Crippen molar-refractivity contribution in [3.05, 3.63) is 60.2 Å². The second-order valence-electron chi connectivity index (χ2n) is 5.56. The molecule has 6 nitrogen and oxygen atoms in total. The van der Waals surface area contributed by atoms with Crippen LogP contribution in [0.4, 0.5) is 0 Å². The molecular formula is C20H30N4O2S. The number of amides is 2. The first-order valence-electron chi connectivity index (χ1n) is 8.93. The van der Waals surface area contributed by atoms with E-state index in [1.807, 2.05) is 30.3 Å². The lowest BCUT2D eigenvalue weighted by atomic mass is 10.1. The van der Waals surface area contributed by atoms with Gasteiger partial charge in [-0.15, -0.1) is 0 Å². The number of hydrogen-bond donors (Lipinski definition) is 3. The molecule has 3 N–H and O–H groups in total. The number of unbranched alkanes of at least 4 members (excludes halogenated alkanes) is 2. The van der Waals surface area contributed by atoms with Crippen LogP contribution in [0, 0.1) is 0 Å². The van der Waals surface area contributed by atoms with E-state index in [1.165, 1.54) is 37.9 Å². The Kier molecular flexibility index (Phi) is 14.4. The van der Waals surface area contributed by atoms with Crippen LogP contribution in [0.5, 0.6) is 0 Å². The van der Waals surface area contributed by atoms with E-state index in [-0.39, 0.29) is 5.69 Å². The first kappa shape index (κ1) is 24.6. The number of rotatable bonds is 7. The van der Waals surface area contributed by atoms with Crippen LogP contribution >= 0.6 is 12.6 Å². The summed E-state index contributed by atoms with van der Waals surface area (Å²) in [5.74, 6) is -1.07. The number of nitrogens with zero attached hydrogens (tertiary/aromatic N) is 2. The van der Waals surface area contributed by atoms with Crippen LogP contribution in [-0.4, -0.2) is 34.1 Å². The van der Waals surface area contributed by atoms with Crippen LogP contribution in [0.25, 0.3) is 0 Å². The Morgan fingerprint density at radius 2 is 1.74 bits per heavy atom. The molecule has 0 aliphatic heterocycles. The first-order chi connectivity index (χ1) is 13.1. The van der Waals surface area contributed by atoms with Gasteiger partial charge in [0.2, 0.25) is 5.91 Å². The van der Waals surface area contributed by atoms with E-state index in [0.717, 1.165) is 5.56 Å². The lowest BCUT2D eigenvalue weighted by Crippen LogP contribution is -2.46. The highest BCUT2D eigenvalue weighted by Crippen LogP contribution is 2.04. The van der Waals surface area contributed by atoms with E-state index in [9.17, 15) is 9.59 Å². The Morgan fingerprint density at radius 1 is 1.11 bits per heavy atom. The highest BCUT2D eigenvalue weighted by molar-refractivity contribution is 7.79. The summed E-state index contributed by atoms with van der Waals surface area (Å²) in [6.07, 6.45) is 10.3. The Balaban J connectivity index is 0.000000838. The zero-order chi connectivity index (χ0) is 20.5. The fraction of sp³-hybridized carbons (Fsp3) is 0.400. The largest absolute Gasteiger partial charge is 0.368 e. The van der Waals surface area contributed by atoms with E-state index in [1.54, 1.807) is 6.26 Å². The Hall–Kier alpha value is -2.41. The maximum atomic E-state index is 11.9. The van der Waals surface area contributed by atoms with Gasteiger partial charge in [0.05, 0.1) is 6.20 Å². The molecule has 2 aromatic rings. The molecule has 2 amide bonds. The molecule has 0 bridgehead atoms. The summed E-state index contributed by atoms with van der Waals surface area (Å²) >= 11 is 3.53. The smallest absolute Gasteiger partial charge is 0.272 e. The summed E-state index contributed by atoms with van der Waals surface area (Å²) in [6.45, 7) is 4.42. The molecule has 1 heterocycles. The second kappa shape index (κ2) is 15.8. The summed E-state index contributed by atoms with van der Waals surface area (Å²) in [4.78, 5) is 31.0. The molecule has 2 rings (SSSR count). The maximum Gasteiger partial charge on any atom is 0.272 e. The van der Waals surface area contributed by atoms with Crippen molar-refractivity contribution >= 4 is 24.4 Å². The third kappa shape index (κ3) is 11.0. The van der Waals surface area contributed by atoms with Crippen molar-refractivity contribution < 1.29 is 9.59 Å². The topological polar surface area (TPSA) is 98.0 Å². The predicted molar refractivity (Wildman–Crippen MR) is 113 cm³/mol. The van der Waals surface area contributed by atoms with Gasteiger partial charge in [-0.3, -0.25) is 14.6 Å². The first-order valence-corrected chi connectivity index (χ1v) is 9.82. The summed E-state index contributed by atoms with van der Waals surface area (Å²) < 4.78 is 0. The number of primary amides is 1. The molecule has 1 atom stereocenters. The van der Waals surface area contributed by atoms with Crippen LogP contribution < -0.4 is 11.1 Å². The summed E-state index contributed by atoms with van der Waals surface area (Å²) in [5.41, 5.74) is 6.38. The van der Waals surface area contributed by atoms with Crippen molar-refractivity contribution in [2.45, 2.75) is 45.6 Å². The third-order valence-electron chi connectivity index (χ3n) is 3.43. The van der Waals surface area contributed by atoms with Gasteiger partial charge in [-0.05, 0) is 11.8 Å². The molecule has 0 spiro atoms. The molecule has 1 aromatic carbocycles. The molecule has 27 heavy (non-hydrogen) atoms. The van der Waals surface area contributed by atoms with Crippen LogP contribution in [-0.2, 0) is 11.2 Å². The van der Waals surface area contributed by atoms with Crippen molar-refractivity contribution in [3.63, 3.8) is 0 Å². The summed E-state index contributed by atoms with van der Waals surface area (Å²) in [6, 6.07) is 8.54. The van der Waals surface area contributed by atoms with Crippen molar-refractivity contribution in [3.8, 4) is 0 Å². The lowest BCUT2D eigenvalue weighted by Gasteiger charge is -2.15. The van der Waals surface area contributed by atoms with Crippen molar-refractivity contribution in [2.24, 2.45) is 5.73 Å². The molecule has 0 aliphatic carbocycles. The number of nitrogens with two attached hydrogens (primary N) is 1. The van der Waals surface area contributed by atoms with Gasteiger partial charge in [0.25, 0.3) is 5.91 Å². The Labute approximate surface area is 167 Å². The van der Waals surface area contributed by atoms with E-state index >= 15 is 0 Å². The summed E-state index contributed by atoms with van der Waals surface area (Å²) in [5, 5.41) is 2.57. The molecule has 7 heteroatoms. The van der Waals surface area contributed by atoms with E-state index in [2.05, 4.69) is 41.8 Å². The number of benzene rings is 1. The van der Waals surface area contributed by atoms with Crippen LogP contribution in [0.3, 0.4) is 0 Å². The predicted octanol–water partition coefficient (Wildman–Crippen LogP) is 3.05. The minimum Gasteiger partial charge on any atom is -0.368 e. The maximum absolute atomic E-state index is 11.9. The number of nitrogens with one attached hydrogen (secondary N) is 1. The van der Waals surface area contributed by atoms with Crippen molar-refractivity contribution in [1.82, 2.24) is 15.3 Å². The van der Waals surface area contributed by atoms with E-state index < -0.39 is 17.9 Å². The number of hydrogen-bond acceptors (Lipinski definition) is 5. The minimum atomic E-state index is -0.785. The molecule has 0 saturated heterocycles. The highest BCUT2D eigenvalue weighted by Gasteiger charge is 2.20. The van der Waals surface area contributed by atoms with Gasteiger partial charge < -0.3 is 11.1 Å². The number of aromatic nitrogens is 2. The highest BCUT2D eigenvalue weighted by atomic mass is 32.1. The van der Waals surface area contributed by atoms with Crippen LogP contribution in [0.2, 0.25) is 0 Å². The van der Waals surface area contributed by atoms with Crippen molar-refractivity contribution in [1.29, 1.82) is 0 Å². The van der Waals surface area contributed by atoms with Crippen LogP contribution in [0.15, 0.2) is 48.9 Å². The zero-order valence-corrected chi connectivity index (χ0v) is 17.2. The molecule has 0 aliphatic rings. The van der Waals surface area contributed by atoms with Gasteiger partial charge in [-0.2, -0.15) is 12.6 Å². The molecule has 0 radical (unpaired) electrons. The SMILES string of the molecule is CCCCC.CS.NC(=O)C(Cc1ccccc1)NC(=O)c1cnccn1. The molecule has 0 fully saturated rings. The number of carbonyl (C=O) groups is 2. The monoisotopic (exact) mass is 390 g/mol. The molecular weight excluding hydrogens is 360 g/mol. The number of thiol groups is 1. The van der Waals surface area contributed by atoms with Gasteiger partial charge in [-0.1, -0.05) is 63.4 Å². The molecule has 1 aromatic heterocycles. The van der Waals surface area contributed by atoms with Gasteiger partial charge in [0.1, 0.15) is 11.7 Å². The standard InChI is InChI=1S/C14H14N4O2.C5H12.CH4S/c15-13(19)11(8-10-4-2-1-3-5-10)18-14(20)12-9-16-6-7-17-12;1-3-5-4-2;1-2/h1-7,9,11H,8H2,(H2,15,19)(H,18,20);3-5H2,1-2H3;2H,1H3. The van der Waals surface area contributed by atoms with Gasteiger partial charge >= 0.3 is 0 Å². The molecule has 0 saturated carbocycles. The molecule has 148 valence electrons. The Bertz CT molecular complexity index is 637. The van der Waals surface area contributed by atoms with E-state index in [0.29, 0.717) is 6.42 Å². The lowest BCUT2D eigenvalue weighted by molar-refractivity contribution is -0.119. The van der Waals surface area contributed by atoms with Crippen molar-refractivity contribution in [2.75, 3.05) is 6.26 Å². The average molecular weight is 391 g/mol. The third-order valence-corrected chi connectivity index (χ3v) is 3.43. The van der Waals surface area contributed by atoms with Gasteiger partial charge in [0, 0.05) is 18.8 Å². The Morgan fingerprint density at radius 3 is 2.19 bits per heavy atom. The van der Waals surface area contributed by atoms with E-state index in [4.69, 9.17) is 5.73 Å². The minimum absolute atomic E-state index is 0.145. The summed E-state index contributed by atoms with van der Waals surface area (Å²) in [7, 11) is 0. The fourth-order valence-electron chi connectivity index (χ4n) is 2.07. The quantitative estimate of drug-likeness (QED) is 0.633. The normalized spacial score (nSPS) is 10.4. The van der Waals surface area contributed by atoms with Gasteiger partial charge in [-0.25, -0.2) is 4.98 Å². The van der Waals surface area contributed by atoms with Crippen LogP contribution in [0.1, 0.15) is 49.2 Å². The number of carbonyl (C=O) groups excluding carboxylic acids is 2. The second-order valence-corrected chi connectivity index (χ2v) is 5.56.